The Hall–Kier alpha value is -2.42. The summed E-state index contributed by atoms with van der Waals surface area (Å²) < 4.78 is 0. The van der Waals surface area contributed by atoms with Crippen LogP contribution in [0.2, 0.25) is 0 Å². The van der Waals surface area contributed by atoms with Gasteiger partial charge in [-0.3, -0.25) is 4.98 Å². The SMILES string of the molecule is Cc1cc(C)cc(-c2c[n-]c(-c3ccccn3)n2)c1. The highest BCUT2D eigenvalue weighted by Gasteiger charge is 1.99. The molecular weight excluding hydrogens is 234 g/mol. The number of imidazole rings is 1. The van der Waals surface area contributed by atoms with Gasteiger partial charge in [0.1, 0.15) is 0 Å². The molecule has 19 heavy (non-hydrogen) atoms. The van der Waals surface area contributed by atoms with Gasteiger partial charge in [0.15, 0.2) is 0 Å². The molecule has 0 aliphatic carbocycles. The van der Waals surface area contributed by atoms with Crippen molar-refractivity contribution in [3.05, 3.63) is 59.9 Å². The molecule has 0 spiro atoms. The van der Waals surface area contributed by atoms with E-state index in [1.807, 2.05) is 18.2 Å². The number of pyridine rings is 1. The Bertz CT molecular complexity index is 679. The van der Waals surface area contributed by atoms with Crippen LogP contribution in [0.1, 0.15) is 11.1 Å². The van der Waals surface area contributed by atoms with Gasteiger partial charge in [-0.05, 0) is 43.1 Å². The van der Waals surface area contributed by atoms with Gasteiger partial charge in [0.25, 0.3) is 0 Å². The van der Waals surface area contributed by atoms with Crippen LogP contribution in [0.25, 0.3) is 22.8 Å². The van der Waals surface area contributed by atoms with Crippen LogP contribution in [-0.4, -0.2) is 9.97 Å². The zero-order valence-electron chi connectivity index (χ0n) is 11.0. The molecule has 2 aromatic heterocycles. The minimum atomic E-state index is 0.676. The quantitative estimate of drug-likeness (QED) is 0.698. The van der Waals surface area contributed by atoms with Crippen LogP contribution in [0.5, 0.6) is 0 Å². The van der Waals surface area contributed by atoms with Gasteiger partial charge in [-0.15, -0.1) is 0 Å². The molecule has 0 atom stereocenters. The van der Waals surface area contributed by atoms with E-state index in [0.717, 1.165) is 17.0 Å². The van der Waals surface area contributed by atoms with Crippen molar-refractivity contribution in [3.8, 4) is 22.8 Å². The lowest BCUT2D eigenvalue weighted by molar-refractivity contribution is 1.21. The Balaban J connectivity index is 2.02. The largest absolute Gasteiger partial charge is 0.441 e. The molecule has 0 fully saturated rings. The predicted octanol–water partition coefficient (Wildman–Crippen LogP) is 3.38. The lowest BCUT2D eigenvalue weighted by Crippen LogP contribution is -1.86. The Morgan fingerprint density at radius 3 is 2.42 bits per heavy atom. The third-order valence-electron chi connectivity index (χ3n) is 2.95. The van der Waals surface area contributed by atoms with Gasteiger partial charge in [0.05, 0.1) is 5.69 Å². The zero-order valence-corrected chi connectivity index (χ0v) is 11.0. The fraction of sp³-hybridized carbons (Fsp3) is 0.125. The summed E-state index contributed by atoms with van der Waals surface area (Å²) in [6.07, 6.45) is 3.56. The van der Waals surface area contributed by atoms with Crippen molar-refractivity contribution in [1.29, 1.82) is 0 Å². The molecule has 0 saturated carbocycles. The molecule has 0 radical (unpaired) electrons. The summed E-state index contributed by atoms with van der Waals surface area (Å²) in [5.74, 6) is 0.676. The van der Waals surface area contributed by atoms with Crippen LogP contribution in [0.3, 0.4) is 0 Å². The summed E-state index contributed by atoms with van der Waals surface area (Å²) in [5.41, 5.74) is 5.27. The van der Waals surface area contributed by atoms with E-state index in [4.69, 9.17) is 0 Å². The molecule has 3 heteroatoms. The summed E-state index contributed by atoms with van der Waals surface area (Å²) in [6.45, 7) is 4.18. The maximum absolute atomic E-state index is 4.56. The minimum Gasteiger partial charge on any atom is -0.441 e. The number of hydrogen-bond donors (Lipinski definition) is 0. The first kappa shape index (κ1) is 11.7. The number of rotatable bonds is 2. The van der Waals surface area contributed by atoms with Gasteiger partial charge in [-0.1, -0.05) is 41.6 Å². The molecule has 0 aliphatic heterocycles. The standard InChI is InChI=1S/C16H14N3/c1-11-7-12(2)9-13(8-11)15-10-18-16(19-15)14-5-3-4-6-17-14/h3-10H,1-2H3/q-1. The Labute approximate surface area is 112 Å². The first-order valence-electron chi connectivity index (χ1n) is 6.22. The number of nitrogens with zero attached hydrogens (tertiary/aromatic N) is 3. The second-order valence-electron chi connectivity index (χ2n) is 4.67. The smallest absolute Gasteiger partial charge is 0.0620 e. The summed E-state index contributed by atoms with van der Waals surface area (Å²) in [4.78, 5) is 13.2. The Morgan fingerprint density at radius 2 is 1.74 bits per heavy atom. The van der Waals surface area contributed by atoms with Gasteiger partial charge >= 0.3 is 0 Å². The number of hydrogen-bond acceptors (Lipinski definition) is 2. The highest BCUT2D eigenvalue weighted by Crippen LogP contribution is 2.22. The van der Waals surface area contributed by atoms with Gasteiger partial charge in [-0.2, -0.15) is 0 Å². The van der Waals surface area contributed by atoms with E-state index in [2.05, 4.69) is 47.0 Å². The molecule has 0 N–H and O–H groups in total. The average Bonchev–Trinajstić information content (AvgIpc) is 2.88. The van der Waals surface area contributed by atoms with E-state index >= 15 is 0 Å². The molecule has 1 aromatic carbocycles. The summed E-state index contributed by atoms with van der Waals surface area (Å²) in [6, 6.07) is 12.1. The molecule has 3 rings (SSSR count). The molecule has 0 amide bonds. The van der Waals surface area contributed by atoms with E-state index in [0.29, 0.717) is 5.82 Å². The van der Waals surface area contributed by atoms with Crippen LogP contribution >= 0.6 is 0 Å². The van der Waals surface area contributed by atoms with Gasteiger partial charge < -0.3 is 9.97 Å². The first-order valence-corrected chi connectivity index (χ1v) is 6.22. The summed E-state index contributed by atoms with van der Waals surface area (Å²) in [5, 5.41) is 0. The first-order chi connectivity index (χ1) is 9.22. The lowest BCUT2D eigenvalue weighted by Gasteiger charge is -2.06. The molecule has 0 unspecified atom stereocenters. The van der Waals surface area contributed by atoms with E-state index in [-0.39, 0.29) is 0 Å². The second kappa shape index (κ2) is 4.69. The fourth-order valence-electron chi connectivity index (χ4n) is 2.17. The molecule has 0 bridgehead atoms. The normalized spacial score (nSPS) is 10.6. The van der Waals surface area contributed by atoms with Crippen molar-refractivity contribution in [2.24, 2.45) is 0 Å². The van der Waals surface area contributed by atoms with Gasteiger partial charge in [0.2, 0.25) is 0 Å². The van der Waals surface area contributed by atoms with Crippen molar-refractivity contribution < 1.29 is 0 Å². The number of aryl methyl sites for hydroxylation is 2. The molecule has 94 valence electrons. The maximum Gasteiger partial charge on any atom is 0.0620 e. The molecular formula is C16H14N3-. The molecule has 3 aromatic rings. The van der Waals surface area contributed by atoms with E-state index < -0.39 is 0 Å². The van der Waals surface area contributed by atoms with E-state index in [9.17, 15) is 0 Å². The van der Waals surface area contributed by atoms with Crippen LogP contribution in [0, 0.1) is 13.8 Å². The third kappa shape index (κ3) is 2.40. The Morgan fingerprint density at radius 1 is 0.947 bits per heavy atom. The highest BCUT2D eigenvalue weighted by atomic mass is 14.9. The minimum absolute atomic E-state index is 0.676. The molecule has 0 aliphatic rings. The monoisotopic (exact) mass is 248 g/mol. The van der Waals surface area contributed by atoms with Crippen molar-refractivity contribution in [2.75, 3.05) is 0 Å². The predicted molar refractivity (Wildman–Crippen MR) is 75.7 cm³/mol. The lowest BCUT2D eigenvalue weighted by atomic mass is 10.1. The number of benzene rings is 1. The van der Waals surface area contributed by atoms with Crippen LogP contribution in [0.4, 0.5) is 0 Å². The molecule has 3 nitrogen and oxygen atoms in total. The van der Waals surface area contributed by atoms with Crippen LogP contribution in [0.15, 0.2) is 48.8 Å². The average molecular weight is 248 g/mol. The summed E-state index contributed by atoms with van der Waals surface area (Å²) in [7, 11) is 0. The molecule has 0 saturated heterocycles. The van der Waals surface area contributed by atoms with Crippen LogP contribution in [-0.2, 0) is 0 Å². The molecule has 2 heterocycles. The summed E-state index contributed by atoms with van der Waals surface area (Å²) >= 11 is 0. The van der Waals surface area contributed by atoms with Crippen LogP contribution < -0.4 is 4.98 Å². The number of aromatic nitrogens is 3. The third-order valence-corrected chi connectivity index (χ3v) is 2.95. The van der Waals surface area contributed by atoms with E-state index in [1.54, 1.807) is 12.4 Å². The zero-order chi connectivity index (χ0) is 13.2. The Kier molecular flexibility index (Phi) is 2.88. The van der Waals surface area contributed by atoms with Crippen molar-refractivity contribution in [3.63, 3.8) is 0 Å². The van der Waals surface area contributed by atoms with Crippen molar-refractivity contribution in [1.82, 2.24) is 15.0 Å². The van der Waals surface area contributed by atoms with Gasteiger partial charge in [-0.25, -0.2) is 0 Å². The fourth-order valence-corrected chi connectivity index (χ4v) is 2.17. The maximum atomic E-state index is 4.56. The van der Waals surface area contributed by atoms with Crippen molar-refractivity contribution in [2.45, 2.75) is 13.8 Å². The second-order valence-corrected chi connectivity index (χ2v) is 4.67. The van der Waals surface area contributed by atoms with Gasteiger partial charge in [0, 0.05) is 6.20 Å². The topological polar surface area (TPSA) is 39.9 Å². The van der Waals surface area contributed by atoms with Crippen molar-refractivity contribution >= 4 is 0 Å². The van der Waals surface area contributed by atoms with E-state index in [1.165, 1.54) is 11.1 Å². The highest BCUT2D eigenvalue weighted by molar-refractivity contribution is 5.64.